The van der Waals surface area contributed by atoms with Gasteiger partial charge in [-0.25, -0.2) is 0 Å². The third-order valence-electron chi connectivity index (χ3n) is 6.07. The summed E-state index contributed by atoms with van der Waals surface area (Å²) in [7, 11) is 0. The topological polar surface area (TPSA) is 29.3 Å². The fraction of sp³-hybridized carbons (Fsp3) is 0.714. The molecule has 2 nitrogen and oxygen atoms in total. The van der Waals surface area contributed by atoms with Crippen molar-refractivity contribution in [1.82, 2.24) is 4.90 Å². The Balaban J connectivity index is 2.04. The van der Waals surface area contributed by atoms with Gasteiger partial charge in [0.2, 0.25) is 0 Å². The Hall–Kier alpha value is 0.0600. The Labute approximate surface area is 172 Å². The van der Waals surface area contributed by atoms with Crippen molar-refractivity contribution in [2.75, 3.05) is 23.4 Å². The SMILES string of the molecule is C=C/C(SCI)=C(C)\C=C(/C)N1CCC2CCCC(CN)CC2CC1. The highest BCUT2D eigenvalue weighted by Gasteiger charge is 2.30. The summed E-state index contributed by atoms with van der Waals surface area (Å²) in [6.07, 6.45) is 12.6. The average Bonchev–Trinajstić information content (AvgIpc) is 2.92. The molecule has 2 rings (SSSR count). The molecule has 1 heterocycles. The van der Waals surface area contributed by atoms with Gasteiger partial charge in [0.05, 0.1) is 3.76 Å². The molecular formula is C21H35IN2S. The zero-order chi connectivity index (χ0) is 18.2. The molecule has 0 spiro atoms. The maximum absolute atomic E-state index is 5.99. The minimum atomic E-state index is 0.767. The van der Waals surface area contributed by atoms with Crippen LogP contribution in [-0.4, -0.2) is 28.3 Å². The molecule has 1 aliphatic heterocycles. The van der Waals surface area contributed by atoms with Gasteiger partial charge in [-0.2, -0.15) is 0 Å². The smallest absolute Gasteiger partial charge is 0.0501 e. The molecule has 0 aromatic carbocycles. The predicted molar refractivity (Wildman–Crippen MR) is 122 cm³/mol. The number of halogens is 1. The van der Waals surface area contributed by atoms with Crippen molar-refractivity contribution in [1.29, 1.82) is 0 Å². The maximum atomic E-state index is 5.99. The molecule has 1 saturated heterocycles. The second-order valence-electron chi connectivity index (χ2n) is 7.64. The van der Waals surface area contributed by atoms with Crippen LogP contribution in [0.4, 0.5) is 0 Å². The molecule has 2 fully saturated rings. The Kier molecular flexibility index (Phi) is 9.42. The van der Waals surface area contributed by atoms with Gasteiger partial charge in [-0.1, -0.05) is 48.1 Å². The number of nitrogens with two attached hydrogens (primary N) is 1. The van der Waals surface area contributed by atoms with E-state index in [4.69, 9.17) is 5.73 Å². The first kappa shape index (κ1) is 21.4. The summed E-state index contributed by atoms with van der Waals surface area (Å²) >= 11 is 4.28. The van der Waals surface area contributed by atoms with E-state index in [9.17, 15) is 0 Å². The lowest BCUT2D eigenvalue weighted by Gasteiger charge is -2.24. The van der Waals surface area contributed by atoms with Gasteiger partial charge in [0, 0.05) is 23.7 Å². The van der Waals surface area contributed by atoms with E-state index in [1.54, 1.807) is 0 Å². The van der Waals surface area contributed by atoms with E-state index < -0.39 is 0 Å². The van der Waals surface area contributed by atoms with E-state index in [0.29, 0.717) is 0 Å². The molecule has 2 aliphatic rings. The first-order valence-corrected chi connectivity index (χ1v) is 12.3. The van der Waals surface area contributed by atoms with Crippen LogP contribution in [0.15, 0.2) is 34.9 Å². The van der Waals surface area contributed by atoms with Gasteiger partial charge in [-0.05, 0) is 75.5 Å². The van der Waals surface area contributed by atoms with Gasteiger partial charge in [0.1, 0.15) is 0 Å². The quantitative estimate of drug-likeness (QED) is 0.293. The zero-order valence-corrected chi connectivity index (χ0v) is 18.9. The van der Waals surface area contributed by atoms with Crippen LogP contribution >= 0.6 is 34.4 Å². The highest BCUT2D eigenvalue weighted by Crippen LogP contribution is 2.38. The lowest BCUT2D eigenvalue weighted by molar-refractivity contribution is 0.280. The van der Waals surface area contributed by atoms with Crippen LogP contribution in [0.1, 0.15) is 52.4 Å². The molecule has 0 radical (unpaired) electrons. The highest BCUT2D eigenvalue weighted by molar-refractivity contribution is 14.1. The molecule has 0 aromatic rings. The fourth-order valence-corrected chi connectivity index (χ4v) is 6.10. The summed E-state index contributed by atoms with van der Waals surface area (Å²) < 4.78 is 1.07. The maximum Gasteiger partial charge on any atom is 0.0501 e. The predicted octanol–water partition coefficient (Wildman–Crippen LogP) is 5.95. The molecule has 142 valence electrons. The normalized spacial score (nSPS) is 29.4. The Morgan fingerprint density at radius 1 is 1.20 bits per heavy atom. The molecule has 1 saturated carbocycles. The lowest BCUT2D eigenvalue weighted by Crippen LogP contribution is -2.23. The van der Waals surface area contributed by atoms with Crippen molar-refractivity contribution in [2.45, 2.75) is 52.4 Å². The van der Waals surface area contributed by atoms with Crippen molar-refractivity contribution >= 4 is 34.4 Å². The van der Waals surface area contributed by atoms with Crippen LogP contribution in [0.3, 0.4) is 0 Å². The number of alkyl halides is 1. The van der Waals surface area contributed by atoms with Crippen LogP contribution < -0.4 is 5.73 Å². The Bertz CT molecular complexity index is 500. The second kappa shape index (κ2) is 11.0. The van der Waals surface area contributed by atoms with Crippen LogP contribution in [0.25, 0.3) is 0 Å². The number of nitrogens with zero attached hydrogens (tertiary/aromatic N) is 1. The van der Waals surface area contributed by atoms with Crippen molar-refractivity contribution in [3.63, 3.8) is 0 Å². The van der Waals surface area contributed by atoms with E-state index in [1.165, 1.54) is 67.8 Å². The molecule has 1 aliphatic carbocycles. The van der Waals surface area contributed by atoms with Crippen LogP contribution in [-0.2, 0) is 0 Å². The van der Waals surface area contributed by atoms with Gasteiger partial charge in [-0.15, -0.1) is 11.8 Å². The minimum absolute atomic E-state index is 0.767. The molecular weight excluding hydrogens is 439 g/mol. The third-order valence-corrected chi connectivity index (χ3v) is 7.91. The highest BCUT2D eigenvalue weighted by atomic mass is 127. The van der Waals surface area contributed by atoms with Crippen molar-refractivity contribution in [3.8, 4) is 0 Å². The lowest BCUT2D eigenvalue weighted by atomic mass is 9.82. The molecule has 2 N–H and O–H groups in total. The van der Waals surface area contributed by atoms with E-state index in [2.05, 4.69) is 54.0 Å². The molecule has 0 bridgehead atoms. The second-order valence-corrected chi connectivity index (χ2v) is 10.5. The summed E-state index contributed by atoms with van der Waals surface area (Å²) in [5.74, 6) is 2.58. The molecule has 25 heavy (non-hydrogen) atoms. The van der Waals surface area contributed by atoms with Crippen LogP contribution in [0.2, 0.25) is 0 Å². The van der Waals surface area contributed by atoms with Gasteiger partial charge < -0.3 is 10.6 Å². The first-order valence-electron chi connectivity index (χ1n) is 9.74. The van der Waals surface area contributed by atoms with Crippen molar-refractivity contribution < 1.29 is 0 Å². The Morgan fingerprint density at radius 3 is 2.56 bits per heavy atom. The average molecular weight is 474 g/mol. The fourth-order valence-electron chi connectivity index (χ4n) is 4.57. The summed E-state index contributed by atoms with van der Waals surface area (Å²) in [6, 6.07) is 0. The van der Waals surface area contributed by atoms with Gasteiger partial charge >= 0.3 is 0 Å². The molecule has 0 amide bonds. The summed E-state index contributed by atoms with van der Waals surface area (Å²) in [4.78, 5) is 3.92. The number of rotatable bonds is 6. The zero-order valence-electron chi connectivity index (χ0n) is 16.0. The van der Waals surface area contributed by atoms with Crippen molar-refractivity contribution in [3.05, 3.63) is 34.9 Å². The third kappa shape index (κ3) is 6.31. The van der Waals surface area contributed by atoms with E-state index >= 15 is 0 Å². The Morgan fingerprint density at radius 2 is 1.92 bits per heavy atom. The van der Waals surface area contributed by atoms with Gasteiger partial charge in [-0.3, -0.25) is 0 Å². The molecule has 3 unspecified atom stereocenters. The number of hydrogen-bond acceptors (Lipinski definition) is 3. The van der Waals surface area contributed by atoms with E-state index in [1.807, 2.05) is 17.8 Å². The number of likely N-dealkylation sites (tertiary alicyclic amines) is 1. The van der Waals surface area contributed by atoms with E-state index in [-0.39, 0.29) is 0 Å². The van der Waals surface area contributed by atoms with Crippen LogP contribution in [0, 0.1) is 17.8 Å². The summed E-state index contributed by atoms with van der Waals surface area (Å²) in [5, 5.41) is 0. The molecule has 0 aromatic heterocycles. The number of allylic oxidation sites excluding steroid dienone is 4. The van der Waals surface area contributed by atoms with Crippen LogP contribution in [0.5, 0.6) is 0 Å². The number of fused-ring (bicyclic) bond motifs is 1. The molecule has 3 atom stereocenters. The van der Waals surface area contributed by atoms with Gasteiger partial charge in [0.15, 0.2) is 0 Å². The first-order chi connectivity index (χ1) is 12.1. The number of hydrogen-bond donors (Lipinski definition) is 1. The molecule has 4 heteroatoms. The number of thioether (sulfide) groups is 1. The summed E-state index contributed by atoms with van der Waals surface area (Å²) in [5.41, 5.74) is 8.75. The van der Waals surface area contributed by atoms with E-state index in [0.717, 1.165) is 28.1 Å². The standard InChI is InChI=1S/C21H35IN2S/c1-4-21(25-15-22)16(2)12-17(3)24-10-8-19-7-5-6-18(14-23)13-20(19)9-11-24/h4,12,18-20H,1,5-11,13-15,23H2,2-3H3/b17-12+,21-16+. The van der Waals surface area contributed by atoms with Gasteiger partial charge in [0.25, 0.3) is 0 Å². The summed E-state index contributed by atoms with van der Waals surface area (Å²) in [6.45, 7) is 11.8. The minimum Gasteiger partial charge on any atom is -0.375 e. The largest absolute Gasteiger partial charge is 0.375 e. The van der Waals surface area contributed by atoms with Crippen molar-refractivity contribution in [2.24, 2.45) is 23.5 Å². The monoisotopic (exact) mass is 474 g/mol.